The SMILES string of the molecule is COc1ccccc1CC(C)NCC(O)c1ccc(F)cc1. The maximum Gasteiger partial charge on any atom is 0.123 e. The van der Waals surface area contributed by atoms with Gasteiger partial charge >= 0.3 is 0 Å². The van der Waals surface area contributed by atoms with Crippen LogP contribution in [0.1, 0.15) is 24.2 Å². The average molecular weight is 303 g/mol. The molecule has 0 aliphatic carbocycles. The molecule has 0 heterocycles. The van der Waals surface area contributed by atoms with Gasteiger partial charge in [0.25, 0.3) is 0 Å². The van der Waals surface area contributed by atoms with Gasteiger partial charge in [-0.3, -0.25) is 0 Å². The zero-order valence-corrected chi connectivity index (χ0v) is 12.9. The standard InChI is InChI=1S/C18H22FNO2/c1-13(11-15-5-3-4-6-18(15)22-2)20-12-17(21)14-7-9-16(19)10-8-14/h3-10,13,17,20-21H,11-12H2,1-2H3. The molecule has 0 spiro atoms. The topological polar surface area (TPSA) is 41.5 Å². The van der Waals surface area contributed by atoms with E-state index in [-0.39, 0.29) is 11.9 Å². The van der Waals surface area contributed by atoms with Crippen LogP contribution < -0.4 is 10.1 Å². The van der Waals surface area contributed by atoms with Crippen LogP contribution in [0.3, 0.4) is 0 Å². The van der Waals surface area contributed by atoms with Crippen LogP contribution in [0.2, 0.25) is 0 Å². The summed E-state index contributed by atoms with van der Waals surface area (Å²) in [6.45, 7) is 2.48. The van der Waals surface area contributed by atoms with Gasteiger partial charge in [0, 0.05) is 12.6 Å². The average Bonchev–Trinajstić information content (AvgIpc) is 2.54. The third-order valence-electron chi connectivity index (χ3n) is 3.63. The molecule has 4 heteroatoms. The Bertz CT molecular complexity index is 586. The Kier molecular flexibility index (Phi) is 5.92. The number of rotatable bonds is 7. The first-order chi connectivity index (χ1) is 10.6. The third kappa shape index (κ3) is 4.55. The number of benzene rings is 2. The van der Waals surface area contributed by atoms with E-state index < -0.39 is 6.10 Å². The summed E-state index contributed by atoms with van der Waals surface area (Å²) < 4.78 is 18.2. The quantitative estimate of drug-likeness (QED) is 0.826. The summed E-state index contributed by atoms with van der Waals surface area (Å²) in [6, 6.07) is 14.0. The molecule has 2 unspecified atom stereocenters. The molecule has 0 saturated carbocycles. The van der Waals surface area contributed by atoms with Gasteiger partial charge in [-0.15, -0.1) is 0 Å². The van der Waals surface area contributed by atoms with Crippen LogP contribution in [0.5, 0.6) is 5.75 Å². The van der Waals surface area contributed by atoms with E-state index in [1.807, 2.05) is 24.3 Å². The summed E-state index contributed by atoms with van der Waals surface area (Å²) in [5.41, 5.74) is 1.83. The lowest BCUT2D eigenvalue weighted by Gasteiger charge is -2.18. The van der Waals surface area contributed by atoms with Crippen LogP contribution in [-0.2, 0) is 6.42 Å². The van der Waals surface area contributed by atoms with E-state index in [2.05, 4.69) is 12.2 Å². The Morgan fingerprint density at radius 3 is 2.50 bits per heavy atom. The lowest BCUT2D eigenvalue weighted by atomic mass is 10.0. The normalized spacial score (nSPS) is 13.6. The maximum absolute atomic E-state index is 12.9. The number of halogens is 1. The summed E-state index contributed by atoms with van der Waals surface area (Å²) in [6.07, 6.45) is 0.154. The van der Waals surface area contributed by atoms with E-state index in [9.17, 15) is 9.50 Å². The number of ether oxygens (including phenoxy) is 1. The Hall–Kier alpha value is -1.91. The van der Waals surface area contributed by atoms with Crippen molar-refractivity contribution >= 4 is 0 Å². The van der Waals surface area contributed by atoms with E-state index in [0.717, 1.165) is 17.7 Å². The first kappa shape index (κ1) is 16.5. The van der Waals surface area contributed by atoms with Gasteiger partial charge in [-0.2, -0.15) is 0 Å². The van der Waals surface area contributed by atoms with Crippen LogP contribution in [0.25, 0.3) is 0 Å². The van der Waals surface area contributed by atoms with Crippen molar-refractivity contribution in [2.24, 2.45) is 0 Å². The molecule has 0 fully saturated rings. The fourth-order valence-electron chi connectivity index (χ4n) is 2.39. The van der Waals surface area contributed by atoms with E-state index in [4.69, 9.17) is 4.74 Å². The van der Waals surface area contributed by atoms with Crippen molar-refractivity contribution in [3.63, 3.8) is 0 Å². The van der Waals surface area contributed by atoms with Gasteiger partial charge in [0.1, 0.15) is 11.6 Å². The summed E-state index contributed by atoms with van der Waals surface area (Å²) in [5, 5.41) is 13.4. The monoisotopic (exact) mass is 303 g/mol. The molecule has 0 aromatic heterocycles. The summed E-state index contributed by atoms with van der Waals surface area (Å²) in [5.74, 6) is 0.573. The van der Waals surface area contributed by atoms with Crippen molar-refractivity contribution in [3.8, 4) is 5.75 Å². The predicted molar refractivity (Wildman–Crippen MR) is 85.5 cm³/mol. The molecule has 3 nitrogen and oxygen atoms in total. The second-order valence-electron chi connectivity index (χ2n) is 5.39. The minimum Gasteiger partial charge on any atom is -0.496 e. The number of aliphatic hydroxyl groups is 1. The van der Waals surface area contributed by atoms with Crippen molar-refractivity contribution in [2.45, 2.75) is 25.5 Å². The van der Waals surface area contributed by atoms with E-state index in [1.54, 1.807) is 19.2 Å². The molecule has 2 rings (SSSR count). The molecule has 2 aromatic rings. The Balaban J connectivity index is 1.87. The summed E-state index contributed by atoms with van der Waals surface area (Å²) >= 11 is 0. The predicted octanol–water partition coefficient (Wildman–Crippen LogP) is 3.09. The van der Waals surface area contributed by atoms with Crippen molar-refractivity contribution in [2.75, 3.05) is 13.7 Å². The number of aliphatic hydroxyl groups excluding tert-OH is 1. The van der Waals surface area contributed by atoms with Crippen LogP contribution in [0, 0.1) is 5.82 Å². The number of nitrogens with one attached hydrogen (secondary N) is 1. The fourth-order valence-corrected chi connectivity index (χ4v) is 2.39. The molecular weight excluding hydrogens is 281 g/mol. The van der Waals surface area contributed by atoms with Crippen LogP contribution in [0.4, 0.5) is 4.39 Å². The van der Waals surface area contributed by atoms with E-state index in [0.29, 0.717) is 12.1 Å². The lowest BCUT2D eigenvalue weighted by Crippen LogP contribution is -2.32. The highest BCUT2D eigenvalue weighted by molar-refractivity contribution is 5.33. The first-order valence-corrected chi connectivity index (χ1v) is 7.39. The lowest BCUT2D eigenvalue weighted by molar-refractivity contribution is 0.170. The Labute approximate surface area is 130 Å². The third-order valence-corrected chi connectivity index (χ3v) is 3.63. The molecule has 2 N–H and O–H groups in total. The molecule has 0 aliphatic rings. The Morgan fingerprint density at radius 2 is 1.82 bits per heavy atom. The van der Waals surface area contributed by atoms with Crippen molar-refractivity contribution in [1.82, 2.24) is 5.32 Å². The fraction of sp³-hybridized carbons (Fsp3) is 0.333. The highest BCUT2D eigenvalue weighted by Gasteiger charge is 2.11. The second-order valence-corrected chi connectivity index (χ2v) is 5.39. The largest absolute Gasteiger partial charge is 0.496 e. The maximum atomic E-state index is 12.9. The van der Waals surface area contributed by atoms with Gasteiger partial charge in [-0.25, -0.2) is 4.39 Å². The summed E-state index contributed by atoms with van der Waals surface area (Å²) in [7, 11) is 1.66. The van der Waals surface area contributed by atoms with Crippen molar-refractivity contribution in [3.05, 3.63) is 65.5 Å². The van der Waals surface area contributed by atoms with Crippen LogP contribution in [-0.4, -0.2) is 24.8 Å². The molecule has 0 radical (unpaired) electrons. The molecule has 0 aliphatic heterocycles. The van der Waals surface area contributed by atoms with Gasteiger partial charge in [-0.1, -0.05) is 30.3 Å². The molecule has 22 heavy (non-hydrogen) atoms. The van der Waals surface area contributed by atoms with E-state index >= 15 is 0 Å². The first-order valence-electron chi connectivity index (χ1n) is 7.39. The highest BCUT2D eigenvalue weighted by atomic mass is 19.1. The number of methoxy groups -OCH3 is 1. The number of hydrogen-bond donors (Lipinski definition) is 2. The molecule has 2 atom stereocenters. The smallest absolute Gasteiger partial charge is 0.123 e. The van der Waals surface area contributed by atoms with Gasteiger partial charge in [0.05, 0.1) is 13.2 Å². The molecule has 2 aromatic carbocycles. The van der Waals surface area contributed by atoms with Gasteiger partial charge in [0.2, 0.25) is 0 Å². The van der Waals surface area contributed by atoms with E-state index in [1.165, 1.54) is 12.1 Å². The number of para-hydroxylation sites is 1. The summed E-state index contributed by atoms with van der Waals surface area (Å²) in [4.78, 5) is 0. The second kappa shape index (κ2) is 7.92. The van der Waals surface area contributed by atoms with Crippen molar-refractivity contribution in [1.29, 1.82) is 0 Å². The zero-order valence-electron chi connectivity index (χ0n) is 12.9. The highest BCUT2D eigenvalue weighted by Crippen LogP contribution is 2.19. The van der Waals surface area contributed by atoms with Gasteiger partial charge in [-0.05, 0) is 42.7 Å². The molecule has 0 bridgehead atoms. The minimum atomic E-state index is -0.652. The van der Waals surface area contributed by atoms with Gasteiger partial charge in [0.15, 0.2) is 0 Å². The molecule has 0 saturated heterocycles. The molecule has 0 amide bonds. The minimum absolute atomic E-state index is 0.186. The Morgan fingerprint density at radius 1 is 1.14 bits per heavy atom. The number of hydrogen-bond acceptors (Lipinski definition) is 3. The van der Waals surface area contributed by atoms with Crippen LogP contribution in [0.15, 0.2) is 48.5 Å². The van der Waals surface area contributed by atoms with Gasteiger partial charge < -0.3 is 15.2 Å². The molecule has 118 valence electrons. The zero-order chi connectivity index (χ0) is 15.9. The van der Waals surface area contributed by atoms with Crippen LogP contribution >= 0.6 is 0 Å². The van der Waals surface area contributed by atoms with Crippen molar-refractivity contribution < 1.29 is 14.2 Å². The molecular formula is C18H22FNO2.